The van der Waals surface area contributed by atoms with Crippen molar-refractivity contribution in [3.63, 3.8) is 0 Å². The van der Waals surface area contributed by atoms with Gasteiger partial charge in [-0.3, -0.25) is 4.79 Å². The van der Waals surface area contributed by atoms with Gasteiger partial charge in [-0.1, -0.05) is 0 Å². The first-order valence-electron chi connectivity index (χ1n) is 8.80. The van der Waals surface area contributed by atoms with Crippen molar-refractivity contribution < 1.29 is 9.53 Å². The average Bonchev–Trinajstić information content (AvgIpc) is 2.68. The van der Waals surface area contributed by atoms with Crippen LogP contribution in [0, 0.1) is 6.92 Å². The van der Waals surface area contributed by atoms with Crippen LogP contribution in [0.1, 0.15) is 16.2 Å². The van der Waals surface area contributed by atoms with Crippen LogP contribution in [0.25, 0.3) is 0 Å². The number of hydrogen-bond donors (Lipinski definition) is 2. The summed E-state index contributed by atoms with van der Waals surface area (Å²) in [6.45, 7) is 1.82. The van der Waals surface area contributed by atoms with Gasteiger partial charge in [0.25, 0.3) is 5.91 Å². The Balaban J connectivity index is 1.75. The minimum atomic E-state index is -0.291. The van der Waals surface area contributed by atoms with E-state index in [9.17, 15) is 4.79 Å². The van der Waals surface area contributed by atoms with Crippen molar-refractivity contribution in [2.75, 3.05) is 36.7 Å². The second-order valence-electron chi connectivity index (χ2n) is 6.47. The number of carbonyl (C=O) groups excluding carboxylic acids is 1. The third-order valence-electron chi connectivity index (χ3n) is 4.07. The summed E-state index contributed by atoms with van der Waals surface area (Å²) in [5, 5.41) is 5.98. The summed E-state index contributed by atoms with van der Waals surface area (Å²) in [6, 6.07) is 16.6. The van der Waals surface area contributed by atoms with Crippen molar-refractivity contribution in [2.45, 2.75) is 6.92 Å². The molecule has 7 heteroatoms. The van der Waals surface area contributed by atoms with E-state index in [1.54, 1.807) is 13.2 Å². The smallest absolute Gasteiger partial charge is 0.274 e. The van der Waals surface area contributed by atoms with E-state index in [2.05, 4.69) is 20.6 Å². The Morgan fingerprint density at radius 1 is 0.964 bits per heavy atom. The fourth-order valence-corrected chi connectivity index (χ4v) is 2.58. The summed E-state index contributed by atoms with van der Waals surface area (Å²) in [4.78, 5) is 23.3. The molecule has 0 fully saturated rings. The van der Waals surface area contributed by atoms with Gasteiger partial charge in [0.1, 0.15) is 11.4 Å². The summed E-state index contributed by atoms with van der Waals surface area (Å²) in [6.07, 6.45) is 0. The van der Waals surface area contributed by atoms with Crippen LogP contribution in [-0.4, -0.2) is 37.1 Å². The van der Waals surface area contributed by atoms with E-state index in [1.165, 1.54) is 0 Å². The van der Waals surface area contributed by atoms with E-state index in [4.69, 9.17) is 4.74 Å². The molecular formula is C21H23N5O2. The van der Waals surface area contributed by atoms with Crippen LogP contribution in [0.15, 0.2) is 54.6 Å². The second-order valence-corrected chi connectivity index (χ2v) is 6.47. The summed E-state index contributed by atoms with van der Waals surface area (Å²) in [7, 11) is 5.55. The lowest BCUT2D eigenvalue weighted by Crippen LogP contribution is -2.15. The minimum Gasteiger partial charge on any atom is -0.497 e. The molecule has 0 atom stereocenters. The molecule has 28 heavy (non-hydrogen) atoms. The Morgan fingerprint density at radius 2 is 1.61 bits per heavy atom. The number of aromatic nitrogens is 2. The fraction of sp³-hybridized carbons (Fsp3) is 0.190. The van der Waals surface area contributed by atoms with Crippen LogP contribution in [0.2, 0.25) is 0 Å². The molecule has 3 rings (SSSR count). The standard InChI is InChI=1S/C21H23N5O2/c1-14-13-19(20(27)23-15-5-9-17(10-6-15)26(2)3)25-21(22-14)24-16-7-11-18(28-4)12-8-16/h5-13H,1-4H3,(H,23,27)(H,22,24,25). The molecule has 1 heterocycles. The maximum absolute atomic E-state index is 12.6. The lowest BCUT2D eigenvalue weighted by atomic mass is 10.2. The highest BCUT2D eigenvalue weighted by Crippen LogP contribution is 2.19. The Bertz CT molecular complexity index is 954. The van der Waals surface area contributed by atoms with Gasteiger partial charge in [-0.05, 0) is 61.5 Å². The Labute approximate surface area is 164 Å². The molecule has 2 aromatic carbocycles. The minimum absolute atomic E-state index is 0.291. The average molecular weight is 377 g/mol. The van der Waals surface area contributed by atoms with Crippen molar-refractivity contribution in [3.8, 4) is 5.75 Å². The van der Waals surface area contributed by atoms with Crippen LogP contribution in [0.3, 0.4) is 0 Å². The lowest BCUT2D eigenvalue weighted by molar-refractivity contribution is 0.102. The van der Waals surface area contributed by atoms with Crippen molar-refractivity contribution in [2.24, 2.45) is 0 Å². The number of hydrogen-bond acceptors (Lipinski definition) is 6. The molecule has 7 nitrogen and oxygen atoms in total. The molecule has 0 unspecified atom stereocenters. The number of nitrogens with one attached hydrogen (secondary N) is 2. The third-order valence-corrected chi connectivity index (χ3v) is 4.07. The van der Waals surface area contributed by atoms with E-state index in [0.717, 1.165) is 17.1 Å². The van der Waals surface area contributed by atoms with Crippen molar-refractivity contribution >= 4 is 28.9 Å². The van der Waals surface area contributed by atoms with Gasteiger partial charge in [-0.15, -0.1) is 0 Å². The number of carbonyl (C=O) groups is 1. The van der Waals surface area contributed by atoms with Crippen molar-refractivity contribution in [3.05, 3.63) is 66.0 Å². The first-order chi connectivity index (χ1) is 13.4. The number of aryl methyl sites for hydroxylation is 1. The monoisotopic (exact) mass is 377 g/mol. The number of methoxy groups -OCH3 is 1. The number of ether oxygens (including phenoxy) is 1. The number of rotatable bonds is 6. The molecule has 1 aromatic heterocycles. The first kappa shape index (κ1) is 19.2. The van der Waals surface area contributed by atoms with Crippen LogP contribution >= 0.6 is 0 Å². The fourth-order valence-electron chi connectivity index (χ4n) is 2.58. The van der Waals surface area contributed by atoms with E-state index >= 15 is 0 Å². The topological polar surface area (TPSA) is 79.4 Å². The summed E-state index contributed by atoms with van der Waals surface area (Å²) in [5.41, 5.74) is 3.55. The van der Waals surface area contributed by atoms with Gasteiger partial charge < -0.3 is 20.3 Å². The largest absolute Gasteiger partial charge is 0.497 e. The van der Waals surface area contributed by atoms with Gasteiger partial charge in [-0.25, -0.2) is 9.97 Å². The van der Waals surface area contributed by atoms with Crippen LogP contribution in [0.4, 0.5) is 23.0 Å². The molecule has 0 spiro atoms. The SMILES string of the molecule is COc1ccc(Nc2nc(C)cc(C(=O)Nc3ccc(N(C)C)cc3)n2)cc1. The lowest BCUT2D eigenvalue weighted by Gasteiger charge is -2.13. The molecule has 0 saturated carbocycles. The van der Waals surface area contributed by atoms with Gasteiger partial charge in [-0.2, -0.15) is 0 Å². The maximum atomic E-state index is 12.6. The normalized spacial score (nSPS) is 10.3. The van der Waals surface area contributed by atoms with E-state index in [1.807, 2.05) is 74.4 Å². The van der Waals surface area contributed by atoms with Crippen molar-refractivity contribution in [1.82, 2.24) is 9.97 Å². The summed E-state index contributed by atoms with van der Waals surface area (Å²) >= 11 is 0. The van der Waals surface area contributed by atoms with E-state index < -0.39 is 0 Å². The highest BCUT2D eigenvalue weighted by Gasteiger charge is 2.11. The summed E-state index contributed by atoms with van der Waals surface area (Å²) < 4.78 is 5.15. The zero-order valence-corrected chi connectivity index (χ0v) is 16.4. The first-order valence-corrected chi connectivity index (χ1v) is 8.80. The zero-order valence-electron chi connectivity index (χ0n) is 16.4. The summed E-state index contributed by atoms with van der Waals surface area (Å²) in [5.74, 6) is 0.829. The molecule has 1 amide bonds. The molecular weight excluding hydrogens is 354 g/mol. The highest BCUT2D eigenvalue weighted by molar-refractivity contribution is 6.03. The quantitative estimate of drug-likeness (QED) is 0.679. The number of amides is 1. The number of benzene rings is 2. The third kappa shape index (κ3) is 4.76. The molecule has 0 aliphatic heterocycles. The zero-order chi connectivity index (χ0) is 20.1. The van der Waals surface area contributed by atoms with Crippen LogP contribution in [-0.2, 0) is 0 Å². The molecule has 144 valence electrons. The van der Waals surface area contributed by atoms with Gasteiger partial charge in [0.2, 0.25) is 5.95 Å². The maximum Gasteiger partial charge on any atom is 0.274 e. The molecule has 3 aromatic rings. The Kier molecular flexibility index (Phi) is 5.74. The van der Waals surface area contributed by atoms with E-state index in [0.29, 0.717) is 23.0 Å². The number of nitrogens with zero attached hydrogens (tertiary/aromatic N) is 3. The Hall–Kier alpha value is -3.61. The molecule has 0 aliphatic rings. The van der Waals surface area contributed by atoms with Gasteiger partial charge in [0.15, 0.2) is 0 Å². The van der Waals surface area contributed by atoms with Gasteiger partial charge in [0, 0.05) is 36.9 Å². The predicted molar refractivity (Wildman–Crippen MR) is 112 cm³/mol. The van der Waals surface area contributed by atoms with Crippen molar-refractivity contribution in [1.29, 1.82) is 0 Å². The molecule has 0 bridgehead atoms. The highest BCUT2D eigenvalue weighted by atomic mass is 16.5. The van der Waals surface area contributed by atoms with Gasteiger partial charge >= 0.3 is 0 Å². The number of anilines is 4. The molecule has 0 saturated heterocycles. The van der Waals surface area contributed by atoms with E-state index in [-0.39, 0.29) is 5.91 Å². The molecule has 0 aliphatic carbocycles. The van der Waals surface area contributed by atoms with Crippen LogP contribution < -0.4 is 20.3 Å². The van der Waals surface area contributed by atoms with Gasteiger partial charge in [0.05, 0.1) is 7.11 Å². The predicted octanol–water partition coefficient (Wildman–Crippen LogP) is 3.86. The molecule has 0 radical (unpaired) electrons. The van der Waals surface area contributed by atoms with Crippen LogP contribution in [0.5, 0.6) is 5.75 Å². The molecule has 2 N–H and O–H groups in total. The second kappa shape index (κ2) is 8.39. The Morgan fingerprint density at radius 3 is 2.21 bits per heavy atom.